The zero-order valence-corrected chi connectivity index (χ0v) is 16.6. The van der Waals surface area contributed by atoms with Crippen molar-refractivity contribution in [2.24, 2.45) is 0 Å². The molecule has 0 radical (unpaired) electrons. The molecule has 0 fully saturated rings. The predicted molar refractivity (Wildman–Crippen MR) is 109 cm³/mol. The monoisotopic (exact) mass is 354 g/mol. The van der Waals surface area contributed by atoms with Gasteiger partial charge in [-0.1, -0.05) is 30.6 Å². The predicted octanol–water partition coefficient (Wildman–Crippen LogP) is 6.13. The van der Waals surface area contributed by atoms with Crippen molar-refractivity contribution < 1.29 is 9.15 Å². The summed E-state index contributed by atoms with van der Waals surface area (Å²) in [6.07, 6.45) is 8.33. The second kappa shape index (κ2) is 9.42. The van der Waals surface area contributed by atoms with E-state index < -0.39 is 0 Å². The van der Waals surface area contributed by atoms with E-state index in [9.17, 15) is 4.79 Å². The molecule has 0 bridgehead atoms. The maximum Gasteiger partial charge on any atom is 0.336 e. The van der Waals surface area contributed by atoms with Crippen molar-refractivity contribution in [3.05, 3.63) is 63.0 Å². The lowest BCUT2D eigenvalue weighted by Gasteiger charge is -2.11. The first-order valence-electron chi connectivity index (χ1n) is 9.40. The third-order valence-electron chi connectivity index (χ3n) is 4.48. The Morgan fingerprint density at radius 1 is 1.19 bits per heavy atom. The molecule has 1 aromatic heterocycles. The fraction of sp³-hybridized carbons (Fsp3) is 0.435. The van der Waals surface area contributed by atoms with Crippen LogP contribution in [0.5, 0.6) is 5.75 Å². The molecular weight excluding hydrogens is 324 g/mol. The highest BCUT2D eigenvalue weighted by Crippen LogP contribution is 2.29. The molecule has 2 aromatic rings. The lowest BCUT2D eigenvalue weighted by atomic mass is 10.0. The van der Waals surface area contributed by atoms with Crippen LogP contribution in [-0.4, -0.2) is 6.61 Å². The third-order valence-corrected chi connectivity index (χ3v) is 4.48. The van der Waals surface area contributed by atoms with E-state index in [0.29, 0.717) is 12.2 Å². The fourth-order valence-electron chi connectivity index (χ4n) is 3.00. The SMILES string of the molecule is CCCc1cc(=O)oc2c(C)c(OCC=C(C)CCC=C(C)C)ccc12. The molecule has 0 atom stereocenters. The van der Waals surface area contributed by atoms with Crippen molar-refractivity contribution in [2.75, 3.05) is 6.61 Å². The van der Waals surface area contributed by atoms with Crippen molar-refractivity contribution >= 4 is 11.0 Å². The second-order valence-electron chi connectivity index (χ2n) is 7.09. The number of benzene rings is 1. The standard InChI is InChI=1S/C23H30O3/c1-6-8-19-15-22(24)26-23-18(5)21(12-11-20(19)23)25-14-13-17(4)10-7-9-16(2)3/h9,11-13,15H,6-8,10,14H2,1-5H3. The minimum atomic E-state index is -0.295. The highest BCUT2D eigenvalue weighted by atomic mass is 16.5. The van der Waals surface area contributed by atoms with E-state index in [0.717, 1.165) is 47.9 Å². The maximum absolute atomic E-state index is 11.9. The Morgan fingerprint density at radius 3 is 2.65 bits per heavy atom. The first-order valence-corrected chi connectivity index (χ1v) is 9.40. The average molecular weight is 354 g/mol. The fourth-order valence-corrected chi connectivity index (χ4v) is 3.00. The van der Waals surface area contributed by atoms with Crippen LogP contribution in [0.15, 0.2) is 50.7 Å². The van der Waals surface area contributed by atoms with Crippen molar-refractivity contribution in [3.8, 4) is 5.75 Å². The van der Waals surface area contributed by atoms with E-state index in [-0.39, 0.29) is 5.63 Å². The number of aryl methyl sites for hydroxylation is 2. The number of fused-ring (bicyclic) bond motifs is 1. The lowest BCUT2D eigenvalue weighted by Crippen LogP contribution is -2.03. The molecule has 140 valence electrons. The Labute approximate surface area is 156 Å². The van der Waals surface area contributed by atoms with E-state index >= 15 is 0 Å². The van der Waals surface area contributed by atoms with E-state index in [4.69, 9.17) is 9.15 Å². The van der Waals surface area contributed by atoms with Crippen LogP contribution in [0.2, 0.25) is 0 Å². The summed E-state index contributed by atoms with van der Waals surface area (Å²) in [5.41, 5.74) is 4.94. The summed E-state index contributed by atoms with van der Waals surface area (Å²) in [7, 11) is 0. The molecule has 1 aromatic carbocycles. The molecule has 0 spiro atoms. The average Bonchev–Trinajstić information content (AvgIpc) is 2.57. The molecule has 0 N–H and O–H groups in total. The van der Waals surface area contributed by atoms with Crippen LogP contribution in [-0.2, 0) is 6.42 Å². The molecule has 0 aliphatic carbocycles. The topological polar surface area (TPSA) is 39.4 Å². The minimum absolute atomic E-state index is 0.295. The largest absolute Gasteiger partial charge is 0.489 e. The number of hydrogen-bond acceptors (Lipinski definition) is 3. The summed E-state index contributed by atoms with van der Waals surface area (Å²) in [5, 5.41) is 1.00. The first-order chi connectivity index (χ1) is 12.4. The quantitative estimate of drug-likeness (QED) is 0.423. The summed E-state index contributed by atoms with van der Waals surface area (Å²) in [4.78, 5) is 11.9. The molecule has 0 amide bonds. The van der Waals surface area contributed by atoms with Gasteiger partial charge >= 0.3 is 5.63 Å². The zero-order valence-electron chi connectivity index (χ0n) is 16.6. The molecule has 1 heterocycles. The van der Waals surface area contributed by atoms with Gasteiger partial charge in [-0.25, -0.2) is 4.79 Å². The summed E-state index contributed by atoms with van der Waals surface area (Å²) in [6.45, 7) is 10.9. The van der Waals surface area contributed by atoms with Gasteiger partial charge in [-0.15, -0.1) is 0 Å². The Bertz CT molecular complexity index is 865. The van der Waals surface area contributed by atoms with Gasteiger partial charge in [0, 0.05) is 17.0 Å². The molecule has 0 saturated heterocycles. The smallest absolute Gasteiger partial charge is 0.336 e. The Morgan fingerprint density at radius 2 is 1.96 bits per heavy atom. The zero-order chi connectivity index (χ0) is 19.1. The summed E-state index contributed by atoms with van der Waals surface area (Å²) in [5.74, 6) is 0.766. The maximum atomic E-state index is 11.9. The van der Waals surface area contributed by atoms with Gasteiger partial charge in [-0.3, -0.25) is 0 Å². The highest BCUT2D eigenvalue weighted by Gasteiger charge is 2.11. The number of hydrogen-bond donors (Lipinski definition) is 0. The van der Waals surface area contributed by atoms with Crippen LogP contribution in [0, 0.1) is 6.92 Å². The molecule has 0 saturated carbocycles. The Hall–Kier alpha value is -2.29. The number of rotatable bonds is 8. The van der Waals surface area contributed by atoms with Crippen LogP contribution in [0.1, 0.15) is 58.1 Å². The van der Waals surface area contributed by atoms with E-state index in [1.165, 1.54) is 11.1 Å². The van der Waals surface area contributed by atoms with Gasteiger partial charge < -0.3 is 9.15 Å². The summed E-state index contributed by atoms with van der Waals surface area (Å²) in [6, 6.07) is 5.57. The number of allylic oxidation sites excluding steroid dienone is 3. The molecule has 3 heteroatoms. The van der Waals surface area contributed by atoms with Gasteiger partial charge in [0.25, 0.3) is 0 Å². The van der Waals surface area contributed by atoms with Crippen LogP contribution < -0.4 is 10.4 Å². The molecule has 0 aliphatic heterocycles. The Balaban J connectivity index is 2.14. The van der Waals surface area contributed by atoms with Crippen molar-refractivity contribution in [3.63, 3.8) is 0 Å². The lowest BCUT2D eigenvalue weighted by molar-refractivity contribution is 0.358. The van der Waals surface area contributed by atoms with E-state index in [2.05, 4.69) is 39.8 Å². The van der Waals surface area contributed by atoms with Gasteiger partial charge in [-0.2, -0.15) is 0 Å². The van der Waals surface area contributed by atoms with E-state index in [1.54, 1.807) is 6.07 Å². The minimum Gasteiger partial charge on any atom is -0.489 e. The first kappa shape index (κ1) is 20.0. The normalized spacial score (nSPS) is 11.7. The van der Waals surface area contributed by atoms with Crippen molar-refractivity contribution in [1.29, 1.82) is 0 Å². The Kier molecular flexibility index (Phi) is 7.26. The molecule has 0 unspecified atom stereocenters. The van der Waals surface area contributed by atoms with Gasteiger partial charge in [0.2, 0.25) is 0 Å². The van der Waals surface area contributed by atoms with Gasteiger partial charge in [0.05, 0.1) is 0 Å². The van der Waals surface area contributed by atoms with Crippen LogP contribution in [0.25, 0.3) is 11.0 Å². The van der Waals surface area contributed by atoms with Crippen LogP contribution in [0.4, 0.5) is 0 Å². The van der Waals surface area contributed by atoms with E-state index in [1.807, 2.05) is 19.1 Å². The second-order valence-corrected chi connectivity index (χ2v) is 7.09. The number of ether oxygens (including phenoxy) is 1. The van der Waals surface area contributed by atoms with Crippen molar-refractivity contribution in [2.45, 2.75) is 60.3 Å². The van der Waals surface area contributed by atoms with Gasteiger partial charge in [0.15, 0.2) is 0 Å². The molecular formula is C23H30O3. The third kappa shape index (κ3) is 5.35. The molecule has 2 rings (SSSR count). The van der Waals surface area contributed by atoms with Gasteiger partial charge in [0.1, 0.15) is 17.9 Å². The molecule has 26 heavy (non-hydrogen) atoms. The van der Waals surface area contributed by atoms with Gasteiger partial charge in [-0.05, 0) is 70.7 Å². The van der Waals surface area contributed by atoms with Crippen molar-refractivity contribution in [1.82, 2.24) is 0 Å². The van der Waals surface area contributed by atoms with Crippen LogP contribution in [0.3, 0.4) is 0 Å². The summed E-state index contributed by atoms with van der Waals surface area (Å²) >= 11 is 0. The highest BCUT2D eigenvalue weighted by molar-refractivity contribution is 5.84. The molecule has 3 nitrogen and oxygen atoms in total. The molecule has 0 aliphatic rings. The van der Waals surface area contributed by atoms with Crippen LogP contribution >= 0.6 is 0 Å². The summed E-state index contributed by atoms with van der Waals surface area (Å²) < 4.78 is 11.4.